The maximum atomic E-state index is 13.9. The molecule has 0 radical (unpaired) electrons. The van der Waals surface area contributed by atoms with Crippen LogP contribution in [0.5, 0.6) is 0 Å². The number of hydrogen-bond acceptors (Lipinski definition) is 9. The van der Waals surface area contributed by atoms with Crippen molar-refractivity contribution in [3.63, 3.8) is 0 Å². The molecule has 0 aliphatic carbocycles. The summed E-state index contributed by atoms with van der Waals surface area (Å²) < 4.78 is 36.4. The number of halogens is 1. The van der Waals surface area contributed by atoms with Gasteiger partial charge >= 0.3 is 0 Å². The zero-order chi connectivity index (χ0) is 27.9. The molecule has 10 nitrogen and oxygen atoms in total. The molecule has 0 amide bonds. The lowest BCUT2D eigenvalue weighted by Gasteiger charge is -2.19. The Morgan fingerprint density at radius 2 is 1.82 bits per heavy atom. The van der Waals surface area contributed by atoms with Crippen LogP contribution in [0.4, 0.5) is 10.2 Å². The van der Waals surface area contributed by atoms with E-state index in [1.807, 2.05) is 28.4 Å². The summed E-state index contributed by atoms with van der Waals surface area (Å²) in [6, 6.07) is 14.8. The minimum Gasteiger partial charge on any atom is -0.573 e. The Kier molecular flexibility index (Phi) is 9.01. The number of nitrogens with one attached hydrogen (secondary N) is 2. The van der Waals surface area contributed by atoms with Gasteiger partial charge in [0, 0.05) is 64.9 Å². The Morgan fingerprint density at radius 3 is 2.62 bits per heavy atom. The lowest BCUT2D eigenvalue weighted by Crippen LogP contribution is -2.32. The van der Waals surface area contributed by atoms with Gasteiger partial charge in [0.05, 0.1) is 24.1 Å². The summed E-state index contributed by atoms with van der Waals surface area (Å²) in [5.41, 5.74) is 3.54. The lowest BCUT2D eigenvalue weighted by atomic mass is 10.1. The van der Waals surface area contributed by atoms with Gasteiger partial charge in [0.2, 0.25) is 0 Å². The molecule has 4 aromatic heterocycles. The van der Waals surface area contributed by atoms with Gasteiger partial charge in [-0.1, -0.05) is 30.3 Å². The smallest absolute Gasteiger partial charge is 0.196 e. The van der Waals surface area contributed by atoms with Crippen molar-refractivity contribution in [2.75, 3.05) is 32.5 Å². The number of pyridine rings is 2. The van der Waals surface area contributed by atoms with Crippen LogP contribution in [0.25, 0.3) is 11.1 Å². The molecule has 0 spiro atoms. The van der Waals surface area contributed by atoms with Crippen molar-refractivity contribution < 1.29 is 13.4 Å². The minimum absolute atomic E-state index is 0.184. The van der Waals surface area contributed by atoms with Gasteiger partial charge in [-0.2, -0.15) is 0 Å². The number of nitrogens with zero attached hydrogens (tertiary/aromatic N) is 6. The first kappa shape index (κ1) is 27.7. The Morgan fingerprint density at radius 1 is 1.00 bits per heavy atom. The van der Waals surface area contributed by atoms with Gasteiger partial charge < -0.3 is 19.6 Å². The van der Waals surface area contributed by atoms with Crippen molar-refractivity contribution in [2.45, 2.75) is 25.8 Å². The van der Waals surface area contributed by atoms with E-state index in [9.17, 15) is 8.94 Å². The molecule has 0 saturated heterocycles. The van der Waals surface area contributed by atoms with E-state index in [4.69, 9.17) is 4.42 Å². The molecule has 4 heterocycles. The number of benzene rings is 1. The molecule has 2 N–H and O–H groups in total. The summed E-state index contributed by atoms with van der Waals surface area (Å²) in [5.74, 6) is 1.47. The van der Waals surface area contributed by atoms with E-state index in [-0.39, 0.29) is 12.4 Å². The molecule has 0 aliphatic heterocycles. The van der Waals surface area contributed by atoms with Gasteiger partial charge in [0.1, 0.15) is 5.82 Å². The fraction of sp³-hybridized carbons (Fsp3) is 0.286. The quantitative estimate of drug-likeness (QED) is 0.164. The van der Waals surface area contributed by atoms with Crippen LogP contribution in [0, 0.1) is 5.82 Å². The molecule has 208 valence electrons. The molecule has 0 fully saturated rings. The number of oxazole rings is 1. The van der Waals surface area contributed by atoms with E-state index in [1.54, 1.807) is 42.9 Å². The zero-order valence-electron chi connectivity index (χ0n) is 22.4. The van der Waals surface area contributed by atoms with Crippen LogP contribution in [0.2, 0.25) is 0 Å². The number of rotatable bonds is 13. The Labute approximate surface area is 235 Å². The first-order valence-electron chi connectivity index (χ1n) is 13.0. The summed E-state index contributed by atoms with van der Waals surface area (Å²) in [6.07, 6.45) is 6.82. The highest BCUT2D eigenvalue weighted by atomic mass is 32.2. The molecular formula is C28H31FN8O2S. The molecule has 1 aromatic carbocycles. The molecule has 1 atom stereocenters. The molecule has 0 aliphatic rings. The number of aromatic nitrogens is 5. The van der Waals surface area contributed by atoms with Crippen LogP contribution in [-0.2, 0) is 37.4 Å². The summed E-state index contributed by atoms with van der Waals surface area (Å²) in [7, 11) is 3.58. The molecular weight excluding hydrogens is 531 g/mol. The van der Waals surface area contributed by atoms with Gasteiger partial charge in [-0.25, -0.2) is 19.3 Å². The average molecular weight is 563 g/mol. The summed E-state index contributed by atoms with van der Waals surface area (Å²) >= 11 is -1.37. The largest absolute Gasteiger partial charge is 0.573 e. The Bertz CT molecular complexity index is 1540. The van der Waals surface area contributed by atoms with E-state index in [0.29, 0.717) is 60.9 Å². The predicted octanol–water partition coefficient (Wildman–Crippen LogP) is 3.52. The number of hydrogen-bond donors (Lipinski definition) is 2. The van der Waals surface area contributed by atoms with Crippen molar-refractivity contribution in [2.24, 2.45) is 0 Å². The summed E-state index contributed by atoms with van der Waals surface area (Å²) in [4.78, 5) is 17.6. The van der Waals surface area contributed by atoms with Gasteiger partial charge in [0.25, 0.3) is 0 Å². The predicted molar refractivity (Wildman–Crippen MR) is 152 cm³/mol. The van der Waals surface area contributed by atoms with Crippen molar-refractivity contribution in [3.05, 3.63) is 102 Å². The Hall–Kier alpha value is -3.84. The van der Waals surface area contributed by atoms with E-state index in [2.05, 4.69) is 42.7 Å². The second-order valence-corrected chi connectivity index (χ2v) is 10.9. The van der Waals surface area contributed by atoms with Gasteiger partial charge in [0.15, 0.2) is 40.2 Å². The standard InChI is InChI=1S/C28H31FN8O2S/c1-36(2)40(38)37-21(17-20-7-4-3-5-8-20)18-33-25(37)11-14-30-15-12-26-35-27-24(39-26)10-16-32-28(27)34-19-23-22(29)9-6-13-31-23/h3-10,13,16,18,30H,11-12,14-15,17,19H2,1-2H3,(H,32,34). The molecule has 0 bridgehead atoms. The monoisotopic (exact) mass is 562 g/mol. The van der Waals surface area contributed by atoms with E-state index in [1.165, 1.54) is 6.07 Å². The first-order chi connectivity index (χ1) is 19.5. The molecule has 5 rings (SSSR count). The topological polar surface area (TPSA) is 120 Å². The third-order valence-electron chi connectivity index (χ3n) is 6.21. The maximum absolute atomic E-state index is 13.9. The van der Waals surface area contributed by atoms with E-state index < -0.39 is 11.5 Å². The van der Waals surface area contributed by atoms with Gasteiger partial charge in [-0.3, -0.25) is 4.98 Å². The Balaban J connectivity index is 1.17. The normalized spacial score (nSPS) is 12.3. The highest BCUT2D eigenvalue weighted by Gasteiger charge is 2.23. The van der Waals surface area contributed by atoms with Gasteiger partial charge in [-0.15, -0.1) is 8.28 Å². The fourth-order valence-electron chi connectivity index (χ4n) is 4.24. The lowest BCUT2D eigenvalue weighted by molar-refractivity contribution is 0.503. The number of anilines is 1. The third-order valence-corrected chi connectivity index (χ3v) is 7.59. The first-order valence-corrected chi connectivity index (χ1v) is 14.0. The molecule has 40 heavy (non-hydrogen) atoms. The van der Waals surface area contributed by atoms with Crippen LogP contribution >= 0.6 is 0 Å². The third kappa shape index (κ3) is 6.65. The second kappa shape index (κ2) is 13.0. The maximum Gasteiger partial charge on any atom is 0.196 e. The molecule has 12 heteroatoms. The van der Waals surface area contributed by atoms with Crippen LogP contribution in [0.3, 0.4) is 0 Å². The van der Waals surface area contributed by atoms with E-state index in [0.717, 1.165) is 17.1 Å². The number of imidazole rings is 1. The fourth-order valence-corrected chi connectivity index (χ4v) is 5.19. The van der Waals surface area contributed by atoms with Crippen molar-refractivity contribution >= 4 is 28.5 Å². The molecule has 5 aromatic rings. The van der Waals surface area contributed by atoms with Gasteiger partial charge in [-0.05, 0) is 17.7 Å². The molecule has 1 unspecified atom stereocenters. The highest BCUT2D eigenvalue weighted by Crippen LogP contribution is 2.22. The summed E-state index contributed by atoms with van der Waals surface area (Å²) in [5, 5.41) is 6.50. The van der Waals surface area contributed by atoms with Crippen molar-refractivity contribution in [1.82, 2.24) is 33.5 Å². The second-order valence-electron chi connectivity index (χ2n) is 9.31. The van der Waals surface area contributed by atoms with Crippen molar-refractivity contribution in [3.8, 4) is 0 Å². The van der Waals surface area contributed by atoms with Crippen molar-refractivity contribution in [1.29, 1.82) is 0 Å². The van der Waals surface area contributed by atoms with Crippen LogP contribution in [0.15, 0.2) is 71.5 Å². The minimum atomic E-state index is -1.37. The van der Waals surface area contributed by atoms with Crippen LogP contribution in [-0.4, -0.2) is 60.0 Å². The molecule has 0 saturated carbocycles. The van der Waals surface area contributed by atoms with Crippen LogP contribution in [0.1, 0.15) is 28.7 Å². The zero-order valence-corrected chi connectivity index (χ0v) is 23.2. The highest BCUT2D eigenvalue weighted by molar-refractivity contribution is 7.87. The summed E-state index contributed by atoms with van der Waals surface area (Å²) in [6.45, 7) is 1.47. The average Bonchev–Trinajstić information content (AvgIpc) is 3.56. The SMILES string of the molecule is CN(C)[S+]([O-])n1c(Cc2ccccc2)cnc1CCNCCc1nc2c(NCc3ncccc3F)nccc2o1. The number of fused-ring (bicyclic) bond motifs is 1. The van der Waals surface area contributed by atoms with E-state index >= 15 is 0 Å². The van der Waals surface area contributed by atoms with Crippen LogP contribution < -0.4 is 10.6 Å².